The van der Waals surface area contributed by atoms with Crippen LogP contribution in [-0.4, -0.2) is 44.0 Å². The van der Waals surface area contributed by atoms with Crippen LogP contribution in [0.25, 0.3) is 0 Å². The summed E-state index contributed by atoms with van der Waals surface area (Å²) in [5, 5.41) is 5.96. The molecule has 0 unspecified atom stereocenters. The molecule has 1 heterocycles. The van der Waals surface area contributed by atoms with Crippen LogP contribution in [0.15, 0.2) is 24.3 Å². The molecule has 1 fully saturated rings. The number of nitrogens with one attached hydrogen (secondary N) is 2. The Morgan fingerprint density at radius 1 is 1.38 bits per heavy atom. The monoisotopic (exact) mass is 293 g/mol. The van der Waals surface area contributed by atoms with Gasteiger partial charge in [0.1, 0.15) is 5.82 Å². The van der Waals surface area contributed by atoms with Crippen LogP contribution in [0.3, 0.4) is 0 Å². The third-order valence-corrected chi connectivity index (χ3v) is 3.96. The molecule has 0 aromatic heterocycles. The highest BCUT2D eigenvalue weighted by Crippen LogP contribution is 2.16. The van der Waals surface area contributed by atoms with Gasteiger partial charge in [-0.15, -0.1) is 0 Å². The molecular formula is C16H24FN3O. The first-order chi connectivity index (χ1) is 10.2. The summed E-state index contributed by atoms with van der Waals surface area (Å²) in [5.41, 5.74) is 0.521. The predicted octanol–water partition coefficient (Wildman–Crippen LogP) is 2.09. The number of anilines is 1. The van der Waals surface area contributed by atoms with Crippen molar-refractivity contribution >= 4 is 11.6 Å². The Morgan fingerprint density at radius 2 is 2.14 bits per heavy atom. The van der Waals surface area contributed by atoms with Crippen LogP contribution in [0.2, 0.25) is 0 Å². The van der Waals surface area contributed by atoms with Gasteiger partial charge in [-0.05, 0) is 63.6 Å². The van der Waals surface area contributed by atoms with E-state index in [1.165, 1.54) is 25.0 Å². The second kappa shape index (κ2) is 8.10. The van der Waals surface area contributed by atoms with Crippen molar-refractivity contribution in [3.05, 3.63) is 30.1 Å². The van der Waals surface area contributed by atoms with Gasteiger partial charge in [0.15, 0.2) is 0 Å². The quantitative estimate of drug-likeness (QED) is 0.844. The summed E-state index contributed by atoms with van der Waals surface area (Å²) >= 11 is 0. The number of carbonyl (C=O) groups is 1. The molecule has 0 bridgehead atoms. The molecule has 0 radical (unpaired) electrons. The molecule has 21 heavy (non-hydrogen) atoms. The van der Waals surface area contributed by atoms with Gasteiger partial charge in [0, 0.05) is 18.7 Å². The van der Waals surface area contributed by atoms with Gasteiger partial charge in [0.2, 0.25) is 5.91 Å². The number of hydrogen-bond donors (Lipinski definition) is 2. The van der Waals surface area contributed by atoms with E-state index >= 15 is 0 Å². The lowest BCUT2D eigenvalue weighted by atomic mass is 9.97. The van der Waals surface area contributed by atoms with E-state index in [1.807, 2.05) is 7.05 Å². The average molecular weight is 293 g/mol. The van der Waals surface area contributed by atoms with E-state index in [2.05, 4.69) is 15.5 Å². The molecule has 4 nitrogen and oxygen atoms in total. The van der Waals surface area contributed by atoms with Crippen molar-refractivity contribution in [3.8, 4) is 0 Å². The zero-order valence-electron chi connectivity index (χ0n) is 12.6. The first-order valence-corrected chi connectivity index (χ1v) is 7.60. The Balaban J connectivity index is 1.68. The number of likely N-dealkylation sites (tertiary alicyclic amines) is 1. The zero-order valence-corrected chi connectivity index (χ0v) is 12.6. The van der Waals surface area contributed by atoms with Gasteiger partial charge in [-0.3, -0.25) is 4.79 Å². The van der Waals surface area contributed by atoms with Crippen LogP contribution >= 0.6 is 0 Å². The van der Waals surface area contributed by atoms with Gasteiger partial charge in [0.05, 0.1) is 0 Å². The van der Waals surface area contributed by atoms with E-state index in [0.717, 1.165) is 32.1 Å². The SMILES string of the molecule is CNCC1CCN(CCC(=O)Nc2cccc(F)c2)CC1. The van der Waals surface area contributed by atoms with Gasteiger partial charge in [-0.1, -0.05) is 6.07 Å². The van der Waals surface area contributed by atoms with E-state index in [-0.39, 0.29) is 11.7 Å². The van der Waals surface area contributed by atoms with Crippen LogP contribution in [0.1, 0.15) is 19.3 Å². The zero-order chi connectivity index (χ0) is 15.1. The summed E-state index contributed by atoms with van der Waals surface area (Å²) in [6.07, 6.45) is 2.83. The number of nitrogens with zero attached hydrogens (tertiary/aromatic N) is 1. The van der Waals surface area contributed by atoms with Crippen molar-refractivity contribution < 1.29 is 9.18 Å². The molecule has 1 aliphatic rings. The van der Waals surface area contributed by atoms with Gasteiger partial charge in [0.25, 0.3) is 0 Å². The molecular weight excluding hydrogens is 269 g/mol. The summed E-state index contributed by atoms with van der Waals surface area (Å²) in [7, 11) is 1.99. The normalized spacial score (nSPS) is 16.9. The maximum Gasteiger partial charge on any atom is 0.225 e. The second-order valence-corrected chi connectivity index (χ2v) is 5.65. The summed E-state index contributed by atoms with van der Waals surface area (Å²) < 4.78 is 13.0. The Morgan fingerprint density at radius 3 is 2.81 bits per heavy atom. The minimum Gasteiger partial charge on any atom is -0.326 e. The van der Waals surface area contributed by atoms with E-state index in [9.17, 15) is 9.18 Å². The van der Waals surface area contributed by atoms with Gasteiger partial charge >= 0.3 is 0 Å². The maximum atomic E-state index is 13.0. The summed E-state index contributed by atoms with van der Waals surface area (Å²) in [5.74, 6) is 0.365. The highest BCUT2D eigenvalue weighted by molar-refractivity contribution is 5.90. The van der Waals surface area contributed by atoms with Crippen molar-refractivity contribution in [1.82, 2.24) is 10.2 Å². The third-order valence-electron chi connectivity index (χ3n) is 3.96. The molecule has 0 atom stereocenters. The number of amides is 1. The fraction of sp³-hybridized carbons (Fsp3) is 0.562. The summed E-state index contributed by atoms with van der Waals surface area (Å²) in [6, 6.07) is 5.99. The smallest absolute Gasteiger partial charge is 0.225 e. The highest BCUT2D eigenvalue weighted by atomic mass is 19.1. The lowest BCUT2D eigenvalue weighted by molar-refractivity contribution is -0.116. The average Bonchev–Trinajstić information content (AvgIpc) is 2.47. The first kappa shape index (κ1) is 15.9. The minimum atomic E-state index is -0.334. The van der Waals surface area contributed by atoms with Gasteiger partial charge in [-0.25, -0.2) is 4.39 Å². The van der Waals surface area contributed by atoms with E-state index in [4.69, 9.17) is 0 Å². The Bertz CT molecular complexity index is 459. The number of piperidine rings is 1. The largest absolute Gasteiger partial charge is 0.326 e. The molecule has 1 aromatic carbocycles. The Labute approximate surface area is 125 Å². The lowest BCUT2D eigenvalue weighted by Gasteiger charge is -2.31. The molecule has 1 aromatic rings. The van der Waals surface area contributed by atoms with Crippen LogP contribution in [0.4, 0.5) is 10.1 Å². The van der Waals surface area contributed by atoms with Crippen LogP contribution < -0.4 is 10.6 Å². The van der Waals surface area contributed by atoms with Crippen LogP contribution in [0.5, 0.6) is 0 Å². The fourth-order valence-corrected chi connectivity index (χ4v) is 2.75. The van der Waals surface area contributed by atoms with E-state index in [1.54, 1.807) is 12.1 Å². The summed E-state index contributed by atoms with van der Waals surface area (Å²) in [4.78, 5) is 14.2. The molecule has 5 heteroatoms. The first-order valence-electron chi connectivity index (χ1n) is 7.60. The number of halogens is 1. The van der Waals surface area contributed by atoms with Crippen LogP contribution in [0, 0.1) is 11.7 Å². The molecule has 1 amide bonds. The number of carbonyl (C=O) groups excluding carboxylic acids is 1. The lowest BCUT2D eigenvalue weighted by Crippen LogP contribution is -2.38. The highest BCUT2D eigenvalue weighted by Gasteiger charge is 2.18. The van der Waals surface area contributed by atoms with E-state index < -0.39 is 0 Å². The Hall–Kier alpha value is -1.46. The van der Waals surface area contributed by atoms with Crippen molar-refractivity contribution in [1.29, 1.82) is 0 Å². The maximum absolute atomic E-state index is 13.0. The molecule has 1 saturated heterocycles. The molecule has 116 valence electrons. The molecule has 0 saturated carbocycles. The van der Waals surface area contributed by atoms with Gasteiger partial charge < -0.3 is 15.5 Å². The van der Waals surface area contributed by atoms with E-state index in [0.29, 0.717) is 12.1 Å². The molecule has 0 aliphatic carbocycles. The summed E-state index contributed by atoms with van der Waals surface area (Å²) in [6.45, 7) is 3.96. The number of benzene rings is 1. The van der Waals surface area contributed by atoms with Crippen molar-refractivity contribution in [2.75, 3.05) is 38.5 Å². The predicted molar refractivity (Wildman–Crippen MR) is 82.7 cm³/mol. The standard InChI is InChI=1S/C16H24FN3O/c1-18-12-13-5-8-20(9-6-13)10-7-16(21)19-15-4-2-3-14(17)11-15/h2-4,11,13,18H,5-10,12H2,1H3,(H,19,21). The Kier molecular flexibility index (Phi) is 6.14. The van der Waals surface area contributed by atoms with Crippen LogP contribution in [-0.2, 0) is 4.79 Å². The van der Waals surface area contributed by atoms with Crippen molar-refractivity contribution in [3.63, 3.8) is 0 Å². The molecule has 0 spiro atoms. The number of hydrogen-bond acceptors (Lipinski definition) is 3. The van der Waals surface area contributed by atoms with Crippen molar-refractivity contribution in [2.24, 2.45) is 5.92 Å². The second-order valence-electron chi connectivity index (χ2n) is 5.65. The third kappa shape index (κ3) is 5.44. The van der Waals surface area contributed by atoms with Gasteiger partial charge in [-0.2, -0.15) is 0 Å². The topological polar surface area (TPSA) is 44.4 Å². The fourth-order valence-electron chi connectivity index (χ4n) is 2.75. The minimum absolute atomic E-state index is 0.0575. The molecule has 2 N–H and O–H groups in total. The molecule has 2 rings (SSSR count). The molecule has 1 aliphatic heterocycles. The van der Waals surface area contributed by atoms with Crippen molar-refractivity contribution in [2.45, 2.75) is 19.3 Å². The number of rotatable bonds is 6.